The lowest BCUT2D eigenvalue weighted by atomic mass is 9.73. The van der Waals surface area contributed by atoms with Gasteiger partial charge in [0.25, 0.3) is 0 Å². The monoisotopic (exact) mass is 294 g/mol. The largest absolute Gasteiger partial charge is 0.329 e. The van der Waals surface area contributed by atoms with Crippen molar-refractivity contribution in [3.8, 4) is 0 Å². The van der Waals surface area contributed by atoms with Gasteiger partial charge >= 0.3 is 0 Å². The molecule has 1 fully saturated rings. The first-order chi connectivity index (χ1) is 9.34. The van der Waals surface area contributed by atoms with Gasteiger partial charge in [0, 0.05) is 23.1 Å². The van der Waals surface area contributed by atoms with Gasteiger partial charge in [-0.25, -0.2) is 0 Å². The third-order valence-electron chi connectivity index (χ3n) is 5.58. The predicted molar refractivity (Wildman–Crippen MR) is 87.0 cm³/mol. The maximum Gasteiger partial charge on any atom is 0.0409 e. The molecule has 2 nitrogen and oxygen atoms in total. The average Bonchev–Trinajstić information content (AvgIpc) is 2.72. The van der Waals surface area contributed by atoms with E-state index in [-0.39, 0.29) is 11.0 Å². The van der Waals surface area contributed by atoms with Gasteiger partial charge in [-0.15, -0.1) is 0 Å². The fourth-order valence-corrected chi connectivity index (χ4v) is 4.13. The smallest absolute Gasteiger partial charge is 0.0409 e. The molecule has 0 amide bonds. The molecule has 2 rings (SSSR count). The molecule has 2 unspecified atom stereocenters. The Balaban J connectivity index is 2.32. The van der Waals surface area contributed by atoms with Crippen LogP contribution in [0.4, 0.5) is 0 Å². The normalized spacial score (nSPS) is 26.9. The van der Waals surface area contributed by atoms with Crippen LogP contribution in [-0.4, -0.2) is 24.0 Å². The Morgan fingerprint density at radius 3 is 2.55 bits per heavy atom. The number of hydrogen-bond donors (Lipinski definition) is 1. The zero-order valence-electron chi connectivity index (χ0n) is 13.1. The minimum absolute atomic E-state index is 0.0781. The maximum atomic E-state index is 6.22. The second-order valence-electron chi connectivity index (χ2n) is 6.82. The highest BCUT2D eigenvalue weighted by atomic mass is 35.5. The Labute approximate surface area is 128 Å². The van der Waals surface area contributed by atoms with Gasteiger partial charge in [-0.2, -0.15) is 0 Å². The molecule has 1 aromatic rings. The zero-order chi connectivity index (χ0) is 15.0. The lowest BCUT2D eigenvalue weighted by Gasteiger charge is -2.50. The van der Waals surface area contributed by atoms with Crippen LogP contribution in [0.3, 0.4) is 0 Å². The van der Waals surface area contributed by atoms with E-state index in [2.05, 4.69) is 44.9 Å². The summed E-state index contributed by atoms with van der Waals surface area (Å²) in [5.74, 6) is 0. The fourth-order valence-electron chi connectivity index (χ4n) is 3.93. The van der Waals surface area contributed by atoms with Crippen LogP contribution in [0.15, 0.2) is 24.3 Å². The minimum atomic E-state index is 0.0781. The Morgan fingerprint density at radius 2 is 2.05 bits per heavy atom. The van der Waals surface area contributed by atoms with E-state index in [4.69, 9.17) is 17.3 Å². The average molecular weight is 295 g/mol. The van der Waals surface area contributed by atoms with Gasteiger partial charge in [-0.1, -0.05) is 44.0 Å². The molecule has 0 aromatic heterocycles. The quantitative estimate of drug-likeness (QED) is 0.900. The van der Waals surface area contributed by atoms with E-state index in [1.807, 2.05) is 12.1 Å². The van der Waals surface area contributed by atoms with Crippen molar-refractivity contribution >= 4 is 11.6 Å². The molecular weight excluding hydrogens is 268 g/mol. The highest BCUT2D eigenvalue weighted by Crippen LogP contribution is 2.50. The van der Waals surface area contributed by atoms with Crippen molar-refractivity contribution in [2.24, 2.45) is 11.1 Å². The summed E-state index contributed by atoms with van der Waals surface area (Å²) < 4.78 is 0. The van der Waals surface area contributed by atoms with E-state index in [0.717, 1.165) is 5.02 Å². The van der Waals surface area contributed by atoms with Crippen molar-refractivity contribution in [3.05, 3.63) is 34.9 Å². The molecule has 2 N–H and O–H groups in total. The van der Waals surface area contributed by atoms with Gasteiger partial charge in [-0.05, 0) is 49.9 Å². The summed E-state index contributed by atoms with van der Waals surface area (Å²) in [4.78, 5) is 2.48. The lowest BCUT2D eigenvalue weighted by Crippen LogP contribution is -2.58. The minimum Gasteiger partial charge on any atom is -0.329 e. The number of likely N-dealkylation sites (N-methyl/N-ethyl adjacent to an activating group) is 1. The van der Waals surface area contributed by atoms with Crippen LogP contribution in [0, 0.1) is 5.41 Å². The van der Waals surface area contributed by atoms with Crippen LogP contribution >= 0.6 is 11.6 Å². The van der Waals surface area contributed by atoms with E-state index in [1.165, 1.54) is 24.8 Å². The van der Waals surface area contributed by atoms with Crippen molar-refractivity contribution in [1.29, 1.82) is 0 Å². The molecule has 2 atom stereocenters. The third-order valence-corrected chi connectivity index (χ3v) is 5.81. The summed E-state index contributed by atoms with van der Waals surface area (Å²) in [5, 5.41) is 0.801. The molecule has 1 aliphatic rings. The molecule has 0 spiro atoms. The summed E-state index contributed by atoms with van der Waals surface area (Å²) in [7, 11) is 2.21. The first-order valence-electron chi connectivity index (χ1n) is 7.52. The van der Waals surface area contributed by atoms with Crippen molar-refractivity contribution in [1.82, 2.24) is 4.90 Å². The summed E-state index contributed by atoms with van der Waals surface area (Å²) in [5.41, 5.74) is 7.81. The van der Waals surface area contributed by atoms with Crippen molar-refractivity contribution in [2.45, 2.75) is 51.6 Å². The molecule has 0 heterocycles. The molecule has 0 aliphatic heterocycles. The van der Waals surface area contributed by atoms with Crippen molar-refractivity contribution in [2.75, 3.05) is 13.6 Å². The number of hydrogen-bond acceptors (Lipinski definition) is 2. The van der Waals surface area contributed by atoms with Gasteiger partial charge in [0.05, 0.1) is 0 Å². The van der Waals surface area contributed by atoms with E-state index in [9.17, 15) is 0 Å². The second-order valence-corrected chi connectivity index (χ2v) is 7.25. The summed E-state index contributed by atoms with van der Waals surface area (Å²) >= 11 is 6.13. The molecule has 0 radical (unpaired) electrons. The standard InChI is InChI=1S/C17H27ClN2/c1-13(14-7-5-8-15(18)11-14)20(4)17(12-19)10-6-9-16(17,2)3/h5,7-8,11,13H,6,9-10,12,19H2,1-4H3. The predicted octanol–water partition coefficient (Wildman–Crippen LogP) is 4.24. The van der Waals surface area contributed by atoms with Gasteiger partial charge in [0.15, 0.2) is 0 Å². The molecule has 1 aliphatic carbocycles. The van der Waals surface area contributed by atoms with Crippen molar-refractivity contribution in [3.63, 3.8) is 0 Å². The first-order valence-corrected chi connectivity index (χ1v) is 7.90. The number of nitrogens with zero attached hydrogens (tertiary/aromatic N) is 1. The van der Waals surface area contributed by atoms with E-state index < -0.39 is 0 Å². The maximum absolute atomic E-state index is 6.22. The SMILES string of the molecule is CC(c1cccc(Cl)c1)N(C)C1(CN)CCCC1(C)C. The van der Waals surface area contributed by atoms with Crippen LogP contribution < -0.4 is 5.73 Å². The van der Waals surface area contributed by atoms with Crippen LogP contribution in [0.1, 0.15) is 51.6 Å². The molecule has 1 aromatic carbocycles. The number of halogens is 1. The Bertz CT molecular complexity index is 472. The number of nitrogens with two attached hydrogens (primary N) is 1. The zero-order valence-corrected chi connectivity index (χ0v) is 13.9. The van der Waals surface area contributed by atoms with Crippen LogP contribution in [0.5, 0.6) is 0 Å². The highest BCUT2D eigenvalue weighted by molar-refractivity contribution is 6.30. The Morgan fingerprint density at radius 1 is 1.35 bits per heavy atom. The molecule has 1 saturated carbocycles. The van der Waals surface area contributed by atoms with E-state index in [1.54, 1.807) is 0 Å². The molecule has 0 saturated heterocycles. The lowest BCUT2D eigenvalue weighted by molar-refractivity contribution is 0.00594. The summed E-state index contributed by atoms with van der Waals surface area (Å²) in [6.45, 7) is 7.67. The van der Waals surface area contributed by atoms with Crippen LogP contribution in [0.25, 0.3) is 0 Å². The van der Waals surface area contributed by atoms with Crippen LogP contribution in [-0.2, 0) is 0 Å². The van der Waals surface area contributed by atoms with Crippen LogP contribution in [0.2, 0.25) is 5.02 Å². The molecule has 20 heavy (non-hydrogen) atoms. The third kappa shape index (κ3) is 2.49. The highest BCUT2D eigenvalue weighted by Gasteiger charge is 2.51. The summed E-state index contributed by atoms with van der Waals surface area (Å²) in [6.07, 6.45) is 3.69. The van der Waals surface area contributed by atoms with E-state index >= 15 is 0 Å². The van der Waals surface area contributed by atoms with Gasteiger partial charge < -0.3 is 5.73 Å². The Kier molecular flexibility index (Phi) is 4.48. The number of rotatable bonds is 4. The van der Waals surface area contributed by atoms with E-state index in [0.29, 0.717) is 12.6 Å². The van der Waals surface area contributed by atoms with Gasteiger partial charge in [-0.3, -0.25) is 4.90 Å². The molecule has 112 valence electrons. The topological polar surface area (TPSA) is 29.3 Å². The van der Waals surface area contributed by atoms with Gasteiger partial charge in [0.2, 0.25) is 0 Å². The van der Waals surface area contributed by atoms with Gasteiger partial charge in [0.1, 0.15) is 0 Å². The molecule has 3 heteroatoms. The fraction of sp³-hybridized carbons (Fsp3) is 0.647. The Hall–Kier alpha value is -0.570. The molecule has 0 bridgehead atoms. The first kappa shape index (κ1) is 15.8. The second kappa shape index (κ2) is 5.67. The number of benzene rings is 1. The summed E-state index contributed by atoms with van der Waals surface area (Å²) in [6, 6.07) is 8.48. The molecular formula is C17H27ClN2. The van der Waals surface area contributed by atoms with Crippen molar-refractivity contribution < 1.29 is 0 Å².